The highest BCUT2D eigenvalue weighted by Gasteiger charge is 2.25. The van der Waals surface area contributed by atoms with E-state index < -0.39 is 0 Å². The van der Waals surface area contributed by atoms with Gasteiger partial charge < -0.3 is 5.32 Å². The molecule has 1 atom stereocenters. The van der Waals surface area contributed by atoms with E-state index in [0.717, 1.165) is 48.0 Å². The standard InChI is InChI=1S/C24H23ClN4OS/c25-20-4-2-1-3-17(20)14-29-15-28-23-22(24(29)30)19-6-5-18(13-21(19)31-23)27-12-9-16-7-10-26-11-8-16/h1-4,7-8,10-11,15,18,27H,5-6,9,12-14H2. The molecular weight excluding hydrogens is 428 g/mol. The SMILES string of the molecule is O=c1c2c3c(sc2ncn1Cc1ccccc1Cl)CC(NCCc1ccncc1)CC3. The Morgan fingerprint density at radius 3 is 2.87 bits per heavy atom. The summed E-state index contributed by atoms with van der Waals surface area (Å²) in [5, 5.41) is 5.15. The summed E-state index contributed by atoms with van der Waals surface area (Å²) in [7, 11) is 0. The van der Waals surface area contributed by atoms with Crippen LogP contribution in [0.1, 0.15) is 28.0 Å². The van der Waals surface area contributed by atoms with E-state index in [4.69, 9.17) is 11.6 Å². The molecule has 1 aliphatic carbocycles. The highest BCUT2D eigenvalue weighted by Crippen LogP contribution is 2.33. The van der Waals surface area contributed by atoms with E-state index in [1.807, 2.05) is 36.7 Å². The molecule has 1 N–H and O–H groups in total. The van der Waals surface area contributed by atoms with E-state index in [-0.39, 0.29) is 5.56 Å². The maximum Gasteiger partial charge on any atom is 0.262 e. The summed E-state index contributed by atoms with van der Waals surface area (Å²) >= 11 is 7.96. The summed E-state index contributed by atoms with van der Waals surface area (Å²) in [6.45, 7) is 1.38. The van der Waals surface area contributed by atoms with Crippen LogP contribution in [0.3, 0.4) is 0 Å². The fraction of sp³-hybridized carbons (Fsp3) is 0.292. The zero-order valence-electron chi connectivity index (χ0n) is 17.1. The molecule has 0 fully saturated rings. The third-order valence-electron chi connectivity index (χ3n) is 5.93. The number of pyridine rings is 1. The van der Waals surface area contributed by atoms with Crippen molar-refractivity contribution in [1.29, 1.82) is 0 Å². The maximum absolute atomic E-state index is 13.3. The van der Waals surface area contributed by atoms with Crippen molar-refractivity contribution < 1.29 is 0 Å². The highest BCUT2D eigenvalue weighted by atomic mass is 35.5. The Kier molecular flexibility index (Phi) is 5.85. The summed E-state index contributed by atoms with van der Waals surface area (Å²) in [6.07, 6.45) is 9.23. The van der Waals surface area contributed by atoms with Gasteiger partial charge in [-0.1, -0.05) is 29.8 Å². The lowest BCUT2D eigenvalue weighted by Gasteiger charge is -2.23. The van der Waals surface area contributed by atoms with Gasteiger partial charge in [0.1, 0.15) is 4.83 Å². The lowest BCUT2D eigenvalue weighted by Crippen LogP contribution is -2.35. The monoisotopic (exact) mass is 450 g/mol. The van der Waals surface area contributed by atoms with Gasteiger partial charge in [0.2, 0.25) is 0 Å². The number of rotatable bonds is 6. The lowest BCUT2D eigenvalue weighted by molar-refractivity contribution is 0.466. The topological polar surface area (TPSA) is 59.8 Å². The first-order valence-corrected chi connectivity index (χ1v) is 11.7. The van der Waals surface area contributed by atoms with Gasteiger partial charge in [-0.2, -0.15) is 0 Å². The molecule has 0 aliphatic heterocycles. The summed E-state index contributed by atoms with van der Waals surface area (Å²) in [5.74, 6) is 0. The van der Waals surface area contributed by atoms with Gasteiger partial charge in [-0.15, -0.1) is 11.3 Å². The number of aromatic nitrogens is 3. The van der Waals surface area contributed by atoms with Gasteiger partial charge in [0.25, 0.3) is 5.56 Å². The molecule has 0 spiro atoms. The van der Waals surface area contributed by atoms with Crippen molar-refractivity contribution in [2.75, 3.05) is 6.54 Å². The van der Waals surface area contributed by atoms with Crippen molar-refractivity contribution >= 4 is 33.2 Å². The van der Waals surface area contributed by atoms with Crippen LogP contribution in [0, 0.1) is 0 Å². The van der Waals surface area contributed by atoms with Gasteiger partial charge in [0, 0.05) is 28.3 Å². The van der Waals surface area contributed by atoms with E-state index in [0.29, 0.717) is 17.6 Å². The first-order chi connectivity index (χ1) is 15.2. The number of nitrogens with zero attached hydrogens (tertiary/aromatic N) is 3. The quantitative estimate of drug-likeness (QED) is 0.477. The van der Waals surface area contributed by atoms with Crippen LogP contribution in [0.15, 0.2) is 59.9 Å². The van der Waals surface area contributed by atoms with Crippen LogP contribution in [0.4, 0.5) is 0 Å². The van der Waals surface area contributed by atoms with Gasteiger partial charge in [0.15, 0.2) is 0 Å². The number of hydrogen-bond donors (Lipinski definition) is 1. The van der Waals surface area contributed by atoms with E-state index in [2.05, 4.69) is 27.4 Å². The third-order valence-corrected chi connectivity index (χ3v) is 7.46. The summed E-state index contributed by atoms with van der Waals surface area (Å²) in [5.41, 5.74) is 3.45. The average Bonchev–Trinajstić information content (AvgIpc) is 3.16. The summed E-state index contributed by atoms with van der Waals surface area (Å²) in [4.78, 5) is 24.1. The maximum atomic E-state index is 13.3. The Bertz CT molecular complexity index is 1270. The molecule has 4 aromatic rings. The summed E-state index contributed by atoms with van der Waals surface area (Å²) < 4.78 is 1.68. The fourth-order valence-corrected chi connectivity index (χ4v) is 5.72. The normalized spacial score (nSPS) is 15.8. The Morgan fingerprint density at radius 1 is 1.19 bits per heavy atom. The van der Waals surface area contributed by atoms with Crippen molar-refractivity contribution in [2.45, 2.75) is 38.3 Å². The van der Waals surface area contributed by atoms with Crippen LogP contribution in [0.5, 0.6) is 0 Å². The Hall–Kier alpha value is -2.54. The number of fused-ring (bicyclic) bond motifs is 3. The zero-order chi connectivity index (χ0) is 21.2. The second-order valence-electron chi connectivity index (χ2n) is 7.95. The lowest BCUT2D eigenvalue weighted by atomic mass is 9.93. The van der Waals surface area contributed by atoms with Crippen molar-refractivity contribution in [2.24, 2.45) is 0 Å². The number of halogens is 1. The molecule has 5 nitrogen and oxygen atoms in total. The van der Waals surface area contributed by atoms with Gasteiger partial charge in [-0.25, -0.2) is 4.98 Å². The molecular formula is C24H23ClN4OS. The van der Waals surface area contributed by atoms with Gasteiger partial charge >= 0.3 is 0 Å². The van der Waals surface area contributed by atoms with E-state index in [1.165, 1.54) is 16.0 Å². The number of nitrogens with one attached hydrogen (secondary N) is 1. The molecule has 0 amide bonds. The molecule has 0 saturated carbocycles. The Balaban J connectivity index is 1.33. The van der Waals surface area contributed by atoms with Crippen LogP contribution < -0.4 is 10.9 Å². The predicted octanol–water partition coefficient (Wildman–Crippen LogP) is 4.24. The summed E-state index contributed by atoms with van der Waals surface area (Å²) in [6, 6.07) is 12.2. The van der Waals surface area contributed by atoms with Crippen molar-refractivity contribution in [3.05, 3.63) is 92.1 Å². The number of hydrogen-bond acceptors (Lipinski definition) is 5. The molecule has 31 heavy (non-hydrogen) atoms. The van der Waals surface area contributed by atoms with Crippen molar-refractivity contribution in [3.8, 4) is 0 Å². The minimum atomic E-state index is 0.0338. The molecule has 5 rings (SSSR count). The van der Waals surface area contributed by atoms with Crippen LogP contribution in [0.2, 0.25) is 5.02 Å². The highest BCUT2D eigenvalue weighted by molar-refractivity contribution is 7.18. The molecule has 1 aliphatic rings. The Morgan fingerprint density at radius 2 is 2.03 bits per heavy atom. The molecule has 1 aromatic carbocycles. The molecule has 1 unspecified atom stereocenters. The molecule has 3 heterocycles. The van der Waals surface area contributed by atoms with Crippen LogP contribution in [-0.4, -0.2) is 27.1 Å². The smallest absolute Gasteiger partial charge is 0.262 e. The minimum absolute atomic E-state index is 0.0338. The minimum Gasteiger partial charge on any atom is -0.313 e. The number of thiophene rings is 1. The van der Waals surface area contributed by atoms with Gasteiger partial charge in [-0.05, 0) is 67.1 Å². The number of aryl methyl sites for hydroxylation is 1. The second kappa shape index (κ2) is 8.91. The van der Waals surface area contributed by atoms with Crippen molar-refractivity contribution in [3.63, 3.8) is 0 Å². The number of benzene rings is 1. The average molecular weight is 451 g/mol. The second-order valence-corrected chi connectivity index (χ2v) is 9.44. The first-order valence-electron chi connectivity index (χ1n) is 10.5. The zero-order valence-corrected chi connectivity index (χ0v) is 18.6. The first kappa shape index (κ1) is 20.4. The molecule has 0 bridgehead atoms. The van der Waals surface area contributed by atoms with Crippen LogP contribution in [0.25, 0.3) is 10.2 Å². The van der Waals surface area contributed by atoms with E-state index in [9.17, 15) is 4.79 Å². The molecule has 7 heteroatoms. The van der Waals surface area contributed by atoms with Crippen LogP contribution in [-0.2, 0) is 25.8 Å². The molecule has 0 radical (unpaired) electrons. The van der Waals surface area contributed by atoms with Crippen LogP contribution >= 0.6 is 22.9 Å². The van der Waals surface area contributed by atoms with Gasteiger partial charge in [-0.3, -0.25) is 14.3 Å². The molecule has 3 aromatic heterocycles. The van der Waals surface area contributed by atoms with E-state index in [1.54, 1.807) is 22.2 Å². The molecule has 158 valence electrons. The third kappa shape index (κ3) is 4.28. The molecule has 0 saturated heterocycles. The van der Waals surface area contributed by atoms with Gasteiger partial charge in [0.05, 0.1) is 18.3 Å². The largest absolute Gasteiger partial charge is 0.313 e. The van der Waals surface area contributed by atoms with E-state index >= 15 is 0 Å². The predicted molar refractivity (Wildman–Crippen MR) is 126 cm³/mol. The fourth-order valence-electron chi connectivity index (χ4n) is 4.27. The Labute approximate surface area is 189 Å². The van der Waals surface area contributed by atoms with Crippen molar-refractivity contribution in [1.82, 2.24) is 19.9 Å².